The van der Waals surface area contributed by atoms with Crippen molar-refractivity contribution in [3.8, 4) is 6.07 Å². The number of aromatic nitrogens is 4. The van der Waals surface area contributed by atoms with Gasteiger partial charge in [0.15, 0.2) is 17.3 Å². The lowest BCUT2D eigenvalue weighted by molar-refractivity contribution is 0.102. The van der Waals surface area contributed by atoms with Crippen LogP contribution in [0.2, 0.25) is 0 Å². The van der Waals surface area contributed by atoms with Crippen molar-refractivity contribution in [2.45, 2.75) is 6.42 Å². The Hall–Kier alpha value is -3.78. The van der Waals surface area contributed by atoms with Crippen LogP contribution in [-0.4, -0.2) is 63.6 Å². The number of hydrogen-bond acceptors (Lipinski definition) is 8. The monoisotopic (exact) mass is 409 g/mol. The van der Waals surface area contributed by atoms with Crippen LogP contribution >= 0.6 is 0 Å². The maximum Gasteiger partial charge on any atom is 0.263 e. The van der Waals surface area contributed by atoms with Gasteiger partial charge >= 0.3 is 0 Å². The molecule has 3 aromatic rings. The number of nitriles is 1. The highest BCUT2D eigenvalue weighted by molar-refractivity contribution is 6.12. The number of carbonyl (C=O) groups is 1. The van der Waals surface area contributed by atoms with Gasteiger partial charge in [-0.1, -0.05) is 0 Å². The molecule has 0 saturated carbocycles. The molecule has 0 bridgehead atoms. The van der Waals surface area contributed by atoms with E-state index < -0.39 is 11.7 Å². The van der Waals surface area contributed by atoms with E-state index in [1.54, 1.807) is 6.20 Å². The van der Waals surface area contributed by atoms with Crippen molar-refractivity contribution in [2.75, 3.05) is 49.2 Å². The molecule has 11 heteroatoms. The molecular weight excluding hydrogens is 389 g/mol. The Bertz CT molecular complexity index is 1140. The number of halogens is 1. The zero-order chi connectivity index (χ0) is 21.3. The fourth-order valence-corrected chi connectivity index (χ4v) is 3.45. The number of amides is 1. The maximum atomic E-state index is 14.6. The normalized spacial score (nSPS) is 14.6. The molecule has 154 valence electrons. The maximum absolute atomic E-state index is 14.6. The molecule has 1 aliphatic rings. The second kappa shape index (κ2) is 7.92. The van der Waals surface area contributed by atoms with Crippen molar-refractivity contribution in [3.05, 3.63) is 41.7 Å². The van der Waals surface area contributed by atoms with Crippen molar-refractivity contribution in [1.82, 2.24) is 24.5 Å². The fraction of sp³-hybridized carbons (Fsp3) is 0.316. The molecule has 0 aromatic carbocycles. The van der Waals surface area contributed by atoms with Crippen LogP contribution in [0.15, 0.2) is 24.8 Å². The molecule has 10 nitrogen and oxygen atoms in total. The molecule has 0 unspecified atom stereocenters. The highest BCUT2D eigenvalue weighted by Gasteiger charge is 2.25. The van der Waals surface area contributed by atoms with Crippen LogP contribution in [0.1, 0.15) is 15.9 Å². The van der Waals surface area contributed by atoms with Crippen LogP contribution in [0.3, 0.4) is 0 Å². The van der Waals surface area contributed by atoms with E-state index in [1.165, 1.54) is 16.9 Å². The lowest BCUT2D eigenvalue weighted by Crippen LogP contribution is -2.45. The largest absolute Gasteiger partial charge is 0.381 e. The van der Waals surface area contributed by atoms with Gasteiger partial charge in [0, 0.05) is 44.1 Å². The SMILES string of the molecule is CN1CCN(c2c(F)cncc2NC(=O)c2c(N)nn3cc(CC#N)cnc23)CC1. The molecule has 1 saturated heterocycles. The number of nitrogens with one attached hydrogen (secondary N) is 1. The highest BCUT2D eigenvalue weighted by Crippen LogP contribution is 2.30. The first kappa shape index (κ1) is 19.5. The first-order valence-corrected chi connectivity index (χ1v) is 9.36. The van der Waals surface area contributed by atoms with Crippen LogP contribution in [-0.2, 0) is 6.42 Å². The Labute approximate surface area is 171 Å². The number of nitrogens with two attached hydrogens (primary N) is 1. The first-order valence-electron chi connectivity index (χ1n) is 9.36. The zero-order valence-corrected chi connectivity index (χ0v) is 16.3. The minimum atomic E-state index is -0.564. The van der Waals surface area contributed by atoms with Gasteiger partial charge in [0.2, 0.25) is 0 Å². The molecule has 1 amide bonds. The molecule has 3 N–H and O–H groups in total. The number of likely N-dealkylation sites (N-methyl/N-ethyl adjacent to an activating group) is 1. The molecular formula is C19H20FN9O. The van der Waals surface area contributed by atoms with Gasteiger partial charge in [-0.15, -0.1) is 5.10 Å². The van der Waals surface area contributed by atoms with Gasteiger partial charge in [-0.05, 0) is 7.05 Å². The zero-order valence-electron chi connectivity index (χ0n) is 16.3. The predicted octanol–water partition coefficient (Wildman–Crippen LogP) is 0.916. The quantitative estimate of drug-likeness (QED) is 0.651. The van der Waals surface area contributed by atoms with Gasteiger partial charge < -0.3 is 20.9 Å². The van der Waals surface area contributed by atoms with E-state index >= 15 is 0 Å². The number of carbonyl (C=O) groups excluding carboxylic acids is 1. The number of fused-ring (bicyclic) bond motifs is 1. The molecule has 1 aliphatic heterocycles. The Morgan fingerprint density at radius 2 is 2.07 bits per heavy atom. The molecule has 30 heavy (non-hydrogen) atoms. The van der Waals surface area contributed by atoms with Crippen molar-refractivity contribution < 1.29 is 9.18 Å². The topological polar surface area (TPSA) is 128 Å². The van der Waals surface area contributed by atoms with Gasteiger partial charge in [-0.25, -0.2) is 13.9 Å². The van der Waals surface area contributed by atoms with Crippen molar-refractivity contribution in [2.24, 2.45) is 0 Å². The molecule has 0 spiro atoms. The van der Waals surface area contributed by atoms with E-state index in [9.17, 15) is 9.18 Å². The summed E-state index contributed by atoms with van der Waals surface area (Å²) in [6.07, 6.45) is 5.79. The number of nitrogen functional groups attached to an aromatic ring is 1. The Balaban J connectivity index is 1.66. The van der Waals surface area contributed by atoms with E-state index in [-0.39, 0.29) is 29.1 Å². The third kappa shape index (κ3) is 3.60. The lowest BCUT2D eigenvalue weighted by atomic mass is 10.2. The molecule has 4 rings (SSSR count). The summed E-state index contributed by atoms with van der Waals surface area (Å²) in [6.45, 7) is 2.82. The van der Waals surface area contributed by atoms with E-state index in [4.69, 9.17) is 11.0 Å². The second-order valence-electron chi connectivity index (χ2n) is 7.09. The average molecular weight is 409 g/mol. The molecule has 1 fully saturated rings. The summed E-state index contributed by atoms with van der Waals surface area (Å²) in [7, 11) is 2.01. The van der Waals surface area contributed by atoms with Gasteiger partial charge in [0.05, 0.1) is 30.6 Å². The summed E-state index contributed by atoms with van der Waals surface area (Å²) in [5.41, 5.74) is 7.47. The van der Waals surface area contributed by atoms with Gasteiger partial charge in [0.1, 0.15) is 11.3 Å². The molecule has 4 heterocycles. The summed E-state index contributed by atoms with van der Waals surface area (Å²) in [5, 5.41) is 15.7. The second-order valence-corrected chi connectivity index (χ2v) is 7.09. The third-order valence-corrected chi connectivity index (χ3v) is 5.00. The fourth-order valence-electron chi connectivity index (χ4n) is 3.45. The van der Waals surface area contributed by atoms with Crippen LogP contribution < -0.4 is 16.0 Å². The van der Waals surface area contributed by atoms with E-state index in [0.29, 0.717) is 24.3 Å². The summed E-state index contributed by atoms with van der Waals surface area (Å²) >= 11 is 0. The first-order chi connectivity index (χ1) is 14.5. The number of rotatable bonds is 4. The van der Waals surface area contributed by atoms with E-state index in [0.717, 1.165) is 19.3 Å². The van der Waals surface area contributed by atoms with Crippen molar-refractivity contribution in [1.29, 1.82) is 5.26 Å². The van der Waals surface area contributed by atoms with Gasteiger partial charge in [-0.3, -0.25) is 9.78 Å². The van der Waals surface area contributed by atoms with Gasteiger partial charge in [0.25, 0.3) is 5.91 Å². The number of pyridine rings is 1. The number of anilines is 3. The molecule has 3 aromatic heterocycles. The Morgan fingerprint density at radius 1 is 1.30 bits per heavy atom. The summed E-state index contributed by atoms with van der Waals surface area (Å²) < 4.78 is 16.0. The van der Waals surface area contributed by atoms with Crippen molar-refractivity contribution in [3.63, 3.8) is 0 Å². The average Bonchev–Trinajstić information content (AvgIpc) is 3.04. The minimum Gasteiger partial charge on any atom is -0.381 e. The number of nitrogens with zero attached hydrogens (tertiary/aromatic N) is 7. The number of piperazine rings is 1. The van der Waals surface area contributed by atoms with Crippen LogP contribution in [0.25, 0.3) is 5.65 Å². The van der Waals surface area contributed by atoms with Crippen LogP contribution in [0.5, 0.6) is 0 Å². The lowest BCUT2D eigenvalue weighted by Gasteiger charge is -2.35. The smallest absolute Gasteiger partial charge is 0.263 e. The van der Waals surface area contributed by atoms with Crippen LogP contribution in [0, 0.1) is 17.1 Å². The number of hydrogen-bond donors (Lipinski definition) is 2. The molecule has 0 radical (unpaired) electrons. The summed E-state index contributed by atoms with van der Waals surface area (Å²) in [4.78, 5) is 25.2. The van der Waals surface area contributed by atoms with Gasteiger partial charge in [-0.2, -0.15) is 5.26 Å². The van der Waals surface area contributed by atoms with Crippen LogP contribution in [0.4, 0.5) is 21.6 Å². The van der Waals surface area contributed by atoms with E-state index in [1.807, 2.05) is 18.0 Å². The van der Waals surface area contributed by atoms with E-state index in [2.05, 4.69) is 25.3 Å². The highest BCUT2D eigenvalue weighted by atomic mass is 19.1. The minimum absolute atomic E-state index is 0.0142. The predicted molar refractivity (Wildman–Crippen MR) is 109 cm³/mol. The Kier molecular flexibility index (Phi) is 5.16. The summed E-state index contributed by atoms with van der Waals surface area (Å²) in [5.74, 6) is -1.09. The third-order valence-electron chi connectivity index (χ3n) is 5.00. The summed E-state index contributed by atoms with van der Waals surface area (Å²) in [6, 6.07) is 2.03. The Morgan fingerprint density at radius 3 is 2.80 bits per heavy atom. The van der Waals surface area contributed by atoms with Crippen molar-refractivity contribution >= 4 is 28.7 Å². The molecule has 0 aliphatic carbocycles. The molecule has 0 atom stereocenters. The standard InChI is InChI=1S/C19H20FN9O/c1-27-4-6-28(7-5-27)16-13(20)9-23-10-14(16)25-19(30)15-17(22)26-29-11-12(2-3-21)8-24-18(15)29/h8-11H,2,4-7H2,1H3,(H2,22,26)(H,25,30).